The van der Waals surface area contributed by atoms with Crippen LogP contribution in [-0.2, 0) is 7.05 Å². The van der Waals surface area contributed by atoms with Crippen LogP contribution in [0.2, 0.25) is 5.02 Å². The Balaban J connectivity index is 1.95. The highest BCUT2D eigenvalue weighted by atomic mass is 35.5. The van der Waals surface area contributed by atoms with Crippen molar-refractivity contribution in [1.29, 1.82) is 0 Å². The molecule has 2 aromatic carbocycles. The van der Waals surface area contributed by atoms with Gasteiger partial charge in [0.2, 0.25) is 5.69 Å². The molecule has 0 fully saturated rings. The third-order valence-corrected chi connectivity index (χ3v) is 5.42. The normalized spacial score (nSPS) is 12.9. The number of ketones is 1. The first-order valence-electron chi connectivity index (χ1n) is 9.17. The van der Waals surface area contributed by atoms with E-state index >= 15 is 0 Å². The monoisotopic (exact) mass is 419 g/mol. The van der Waals surface area contributed by atoms with Crippen LogP contribution in [0.5, 0.6) is 5.75 Å². The van der Waals surface area contributed by atoms with Gasteiger partial charge in [-0.05, 0) is 23.8 Å². The third-order valence-electron chi connectivity index (χ3n) is 5.13. The Labute approximate surface area is 178 Å². The maximum absolute atomic E-state index is 12.3. The Morgan fingerprint density at radius 2 is 2.03 bits per heavy atom. The van der Waals surface area contributed by atoms with Crippen LogP contribution in [-0.4, -0.2) is 41.5 Å². The number of fused-ring (bicyclic) bond motifs is 1. The average Bonchev–Trinajstić information content (AvgIpc) is 3.14. The molecule has 1 aliphatic heterocycles. The van der Waals surface area contributed by atoms with E-state index in [-0.39, 0.29) is 18.9 Å². The number of carbonyl (C=O) groups is 1. The summed E-state index contributed by atoms with van der Waals surface area (Å²) < 4.78 is 7.04. The number of rotatable bonds is 4. The van der Waals surface area contributed by atoms with Gasteiger partial charge in [0.25, 0.3) is 0 Å². The van der Waals surface area contributed by atoms with Crippen molar-refractivity contribution in [3.05, 3.63) is 64.1 Å². The second kappa shape index (κ2) is 7.75. The highest BCUT2D eigenvalue weighted by molar-refractivity contribution is 6.34. The Morgan fingerprint density at radius 3 is 2.73 bits per heavy atom. The number of hydrogen-bond acceptors (Lipinski definition) is 5. The van der Waals surface area contributed by atoms with E-state index < -0.39 is 0 Å². The van der Waals surface area contributed by atoms with Crippen molar-refractivity contribution in [2.75, 3.05) is 20.2 Å². The molecule has 0 atom stereocenters. The van der Waals surface area contributed by atoms with Crippen molar-refractivity contribution in [1.82, 2.24) is 9.78 Å². The summed E-state index contributed by atoms with van der Waals surface area (Å²) in [7, 11) is 3.35. The van der Waals surface area contributed by atoms with Gasteiger partial charge < -0.3 is 10.5 Å². The van der Waals surface area contributed by atoms with Gasteiger partial charge in [0, 0.05) is 35.8 Å². The van der Waals surface area contributed by atoms with E-state index in [2.05, 4.69) is 14.9 Å². The van der Waals surface area contributed by atoms with Gasteiger partial charge in [0.05, 0.1) is 36.3 Å². The number of ether oxygens (including phenoxy) is 1. The first-order valence-corrected chi connectivity index (χ1v) is 9.55. The summed E-state index contributed by atoms with van der Waals surface area (Å²) in [6.45, 7) is 7.97. The maximum Gasteiger partial charge on any atom is 0.214 e. The SMILES string of the molecule is [C-]#[N+]c1c(Cl)cc(OC)cc1-c1c(-c2ccc3c(c2)C(CN)=NCC3=O)cnn1C. The highest BCUT2D eigenvalue weighted by Crippen LogP contribution is 2.43. The zero-order valence-electron chi connectivity index (χ0n) is 16.4. The van der Waals surface area contributed by atoms with Crippen molar-refractivity contribution in [3.63, 3.8) is 0 Å². The quantitative estimate of drug-likeness (QED) is 0.649. The first kappa shape index (κ1) is 19.8. The first-order chi connectivity index (χ1) is 14.5. The molecule has 0 saturated heterocycles. The second-order valence-electron chi connectivity index (χ2n) is 6.80. The fourth-order valence-electron chi connectivity index (χ4n) is 3.66. The van der Waals surface area contributed by atoms with Crippen LogP contribution in [0.1, 0.15) is 15.9 Å². The Kier molecular flexibility index (Phi) is 5.12. The number of methoxy groups -OCH3 is 1. The number of aliphatic imine (C=N–C) groups is 1. The molecule has 0 amide bonds. The van der Waals surface area contributed by atoms with Gasteiger partial charge in [-0.25, -0.2) is 4.85 Å². The van der Waals surface area contributed by atoms with Gasteiger partial charge in [0.1, 0.15) is 12.3 Å². The number of nitrogens with zero attached hydrogens (tertiary/aromatic N) is 4. The predicted octanol–water partition coefficient (Wildman–Crippen LogP) is 3.91. The van der Waals surface area contributed by atoms with E-state index in [0.717, 1.165) is 22.4 Å². The number of Topliss-reactive ketones (excluding diaryl/α,β-unsaturated/α-hetero) is 1. The maximum atomic E-state index is 12.3. The topological polar surface area (TPSA) is 86.9 Å². The fourth-order valence-corrected chi connectivity index (χ4v) is 3.91. The number of hydrogen-bond donors (Lipinski definition) is 1. The van der Waals surface area contributed by atoms with E-state index in [0.29, 0.717) is 33.3 Å². The molecule has 0 unspecified atom stereocenters. The number of aromatic nitrogens is 2. The van der Waals surface area contributed by atoms with Crippen molar-refractivity contribution < 1.29 is 9.53 Å². The molecule has 2 N–H and O–H groups in total. The van der Waals surface area contributed by atoms with Gasteiger partial charge in [-0.1, -0.05) is 23.7 Å². The van der Waals surface area contributed by atoms with Gasteiger partial charge >= 0.3 is 0 Å². The van der Waals surface area contributed by atoms with Crippen LogP contribution in [0, 0.1) is 6.57 Å². The zero-order valence-corrected chi connectivity index (χ0v) is 17.2. The molecular formula is C22H18ClN5O2. The molecule has 2 heterocycles. The number of nitrogens with two attached hydrogens (primary N) is 1. The van der Waals surface area contributed by atoms with Crippen LogP contribution in [0.4, 0.5) is 5.69 Å². The molecular weight excluding hydrogens is 402 g/mol. The Hall–Kier alpha value is -3.47. The Morgan fingerprint density at radius 1 is 1.23 bits per heavy atom. The lowest BCUT2D eigenvalue weighted by molar-refractivity contribution is 0.1000. The van der Waals surface area contributed by atoms with Gasteiger partial charge in [-0.3, -0.25) is 14.5 Å². The summed E-state index contributed by atoms with van der Waals surface area (Å²) in [5, 5.41) is 4.71. The van der Waals surface area contributed by atoms with Gasteiger partial charge in [-0.15, -0.1) is 0 Å². The van der Waals surface area contributed by atoms with E-state index in [1.807, 2.05) is 12.1 Å². The summed E-state index contributed by atoms with van der Waals surface area (Å²) in [4.78, 5) is 20.2. The molecule has 3 aromatic rings. The lowest BCUT2D eigenvalue weighted by Crippen LogP contribution is -2.24. The van der Waals surface area contributed by atoms with Crippen LogP contribution in [0.15, 0.2) is 41.5 Å². The fraction of sp³-hybridized carbons (Fsp3) is 0.182. The molecule has 150 valence electrons. The van der Waals surface area contributed by atoms with E-state index in [9.17, 15) is 4.79 Å². The molecule has 0 saturated carbocycles. The van der Waals surface area contributed by atoms with E-state index in [4.69, 9.17) is 28.6 Å². The molecule has 4 rings (SSSR count). The lowest BCUT2D eigenvalue weighted by atomic mass is 9.91. The minimum absolute atomic E-state index is 0.0324. The number of carbonyl (C=O) groups excluding carboxylic acids is 1. The average molecular weight is 420 g/mol. The number of halogens is 1. The lowest BCUT2D eigenvalue weighted by Gasteiger charge is -2.17. The largest absolute Gasteiger partial charge is 0.497 e. The molecule has 30 heavy (non-hydrogen) atoms. The molecule has 0 aliphatic carbocycles. The number of benzene rings is 2. The molecule has 0 radical (unpaired) electrons. The molecule has 1 aromatic heterocycles. The molecule has 7 nitrogen and oxygen atoms in total. The summed E-state index contributed by atoms with van der Waals surface area (Å²) >= 11 is 6.34. The smallest absolute Gasteiger partial charge is 0.214 e. The van der Waals surface area contributed by atoms with Gasteiger partial charge in [0.15, 0.2) is 5.78 Å². The predicted molar refractivity (Wildman–Crippen MR) is 117 cm³/mol. The second-order valence-corrected chi connectivity index (χ2v) is 7.21. The standard InChI is InChI=1S/C22H18ClN5O2/c1-25-21-16(7-13(30-3)8-18(21)23)22-17(10-27-28(22)2)12-4-5-14-15(6-12)19(9-24)26-11-20(14)29/h4-8,10H,9,11,24H2,2-3H3. The van der Waals surface area contributed by atoms with Crippen molar-refractivity contribution >= 4 is 28.8 Å². The van der Waals surface area contributed by atoms with Crippen LogP contribution in [0.25, 0.3) is 27.2 Å². The summed E-state index contributed by atoms with van der Waals surface area (Å²) in [5.41, 5.74) is 11.2. The minimum atomic E-state index is -0.0324. The van der Waals surface area contributed by atoms with Crippen LogP contribution >= 0.6 is 11.6 Å². The van der Waals surface area contributed by atoms with Crippen molar-refractivity contribution in [2.45, 2.75) is 0 Å². The van der Waals surface area contributed by atoms with Gasteiger partial charge in [-0.2, -0.15) is 5.10 Å². The molecule has 1 aliphatic rings. The Bertz CT molecular complexity index is 1250. The molecule has 0 spiro atoms. The summed E-state index contributed by atoms with van der Waals surface area (Å²) in [6.07, 6.45) is 1.72. The molecule has 8 heteroatoms. The summed E-state index contributed by atoms with van der Waals surface area (Å²) in [6, 6.07) is 8.95. The highest BCUT2D eigenvalue weighted by Gasteiger charge is 2.23. The summed E-state index contributed by atoms with van der Waals surface area (Å²) in [5.74, 6) is 0.512. The number of aryl methyl sites for hydroxylation is 1. The van der Waals surface area contributed by atoms with Crippen LogP contribution < -0.4 is 10.5 Å². The van der Waals surface area contributed by atoms with E-state index in [1.54, 1.807) is 43.2 Å². The van der Waals surface area contributed by atoms with E-state index in [1.165, 1.54) is 0 Å². The third kappa shape index (κ3) is 3.16. The van der Waals surface area contributed by atoms with Crippen molar-refractivity contribution in [2.24, 2.45) is 17.8 Å². The van der Waals surface area contributed by atoms with Crippen LogP contribution in [0.3, 0.4) is 0 Å². The zero-order chi connectivity index (χ0) is 21.4. The molecule has 0 bridgehead atoms. The minimum Gasteiger partial charge on any atom is -0.497 e. The van der Waals surface area contributed by atoms with Crippen molar-refractivity contribution in [3.8, 4) is 28.1 Å².